The first-order valence-electron chi connectivity index (χ1n) is 9.78. The Morgan fingerprint density at radius 1 is 1.18 bits per heavy atom. The van der Waals surface area contributed by atoms with Gasteiger partial charge < -0.3 is 9.47 Å². The first-order chi connectivity index (χ1) is 13.4. The Kier molecular flexibility index (Phi) is 5.01. The Hall–Kier alpha value is -2.19. The molecule has 0 aliphatic carbocycles. The molecule has 1 amide bonds. The minimum Gasteiger partial charge on any atom is -0.327 e. The smallest absolute Gasteiger partial charge is 0.262 e. The second-order valence-corrected chi connectivity index (χ2v) is 9.80. The van der Waals surface area contributed by atoms with Crippen molar-refractivity contribution in [1.29, 1.82) is 0 Å². The number of hydrogen-bond donors (Lipinski definition) is 0. The average molecular weight is 403 g/mol. The van der Waals surface area contributed by atoms with Crippen LogP contribution in [0.25, 0.3) is 0 Å². The van der Waals surface area contributed by atoms with E-state index in [0.717, 1.165) is 30.5 Å². The Morgan fingerprint density at radius 3 is 2.64 bits per heavy atom. The molecule has 2 aromatic rings. The summed E-state index contributed by atoms with van der Waals surface area (Å²) in [7, 11) is -3.60. The first-order valence-corrected chi connectivity index (χ1v) is 11.2. The predicted molar refractivity (Wildman–Crippen MR) is 106 cm³/mol. The van der Waals surface area contributed by atoms with Crippen molar-refractivity contribution in [3.05, 3.63) is 42.4 Å². The molecule has 1 atom stereocenters. The van der Waals surface area contributed by atoms with Crippen molar-refractivity contribution >= 4 is 21.6 Å². The lowest BCUT2D eigenvalue weighted by Crippen LogP contribution is -2.38. The van der Waals surface area contributed by atoms with Crippen LogP contribution in [-0.2, 0) is 27.8 Å². The van der Waals surface area contributed by atoms with Crippen LogP contribution in [0.15, 0.2) is 41.8 Å². The number of para-hydroxylation sites is 1. The van der Waals surface area contributed by atoms with Crippen molar-refractivity contribution in [2.24, 2.45) is 5.92 Å². The number of sulfonamides is 1. The van der Waals surface area contributed by atoms with Crippen molar-refractivity contribution in [3.63, 3.8) is 0 Å². The van der Waals surface area contributed by atoms with Crippen LogP contribution in [0.1, 0.15) is 32.3 Å². The van der Waals surface area contributed by atoms with E-state index in [-0.39, 0.29) is 23.5 Å². The molecule has 4 rings (SSSR count). The number of amides is 1. The lowest BCUT2D eigenvalue weighted by atomic mass is 10.0. The first kappa shape index (κ1) is 19.1. The number of aromatic nitrogens is 2. The average Bonchev–Trinajstić information content (AvgIpc) is 3.25. The van der Waals surface area contributed by atoms with Gasteiger partial charge in [0.25, 0.3) is 10.0 Å². The molecule has 3 heterocycles. The van der Waals surface area contributed by atoms with Gasteiger partial charge in [-0.15, -0.1) is 0 Å². The van der Waals surface area contributed by atoms with Crippen LogP contribution >= 0.6 is 0 Å². The largest absolute Gasteiger partial charge is 0.327 e. The number of carbonyl (C=O) groups is 1. The molecular weight excluding hydrogens is 376 g/mol. The minimum atomic E-state index is -3.60. The van der Waals surface area contributed by atoms with E-state index in [1.807, 2.05) is 31.2 Å². The van der Waals surface area contributed by atoms with Crippen molar-refractivity contribution < 1.29 is 13.2 Å². The minimum absolute atomic E-state index is 0.0183. The quantitative estimate of drug-likeness (QED) is 0.786. The lowest BCUT2D eigenvalue weighted by molar-refractivity contribution is -0.119. The van der Waals surface area contributed by atoms with Crippen LogP contribution in [0.5, 0.6) is 0 Å². The lowest BCUT2D eigenvalue weighted by Gasteiger charge is -2.28. The Balaban J connectivity index is 1.49. The molecule has 8 heteroatoms. The van der Waals surface area contributed by atoms with Gasteiger partial charge in [0.15, 0.2) is 5.03 Å². The van der Waals surface area contributed by atoms with Crippen LogP contribution in [-0.4, -0.2) is 47.3 Å². The Bertz CT molecular complexity index is 977. The molecule has 2 aliphatic rings. The fourth-order valence-corrected chi connectivity index (χ4v) is 5.50. The number of imidazole rings is 1. The number of nitrogens with zero attached hydrogens (tertiary/aromatic N) is 4. The molecule has 28 heavy (non-hydrogen) atoms. The van der Waals surface area contributed by atoms with E-state index in [1.54, 1.807) is 9.47 Å². The second-order valence-electron chi connectivity index (χ2n) is 7.92. The molecule has 2 aliphatic heterocycles. The number of hydrogen-bond acceptors (Lipinski definition) is 4. The molecule has 150 valence electrons. The van der Waals surface area contributed by atoms with E-state index >= 15 is 0 Å². The molecular formula is C20H26N4O3S. The van der Waals surface area contributed by atoms with Crippen LogP contribution in [0, 0.1) is 5.92 Å². The fourth-order valence-electron chi connectivity index (χ4n) is 4.09. The highest BCUT2D eigenvalue weighted by molar-refractivity contribution is 7.89. The molecule has 1 unspecified atom stereocenters. The van der Waals surface area contributed by atoms with E-state index < -0.39 is 10.0 Å². The number of piperidine rings is 1. The highest BCUT2D eigenvalue weighted by atomic mass is 32.2. The molecule has 0 saturated carbocycles. The van der Waals surface area contributed by atoms with Crippen molar-refractivity contribution in [3.8, 4) is 0 Å². The topological polar surface area (TPSA) is 75.5 Å². The molecule has 1 saturated heterocycles. The fraction of sp³-hybridized carbons (Fsp3) is 0.500. The van der Waals surface area contributed by atoms with Gasteiger partial charge in [0.2, 0.25) is 5.91 Å². The van der Waals surface area contributed by atoms with Gasteiger partial charge >= 0.3 is 0 Å². The molecule has 1 aromatic carbocycles. The summed E-state index contributed by atoms with van der Waals surface area (Å²) in [4.78, 5) is 18.8. The van der Waals surface area contributed by atoms with E-state index in [4.69, 9.17) is 0 Å². The van der Waals surface area contributed by atoms with E-state index in [2.05, 4.69) is 11.9 Å². The summed E-state index contributed by atoms with van der Waals surface area (Å²) in [6.07, 6.45) is 5.47. The molecule has 0 spiro atoms. The monoisotopic (exact) mass is 402 g/mol. The summed E-state index contributed by atoms with van der Waals surface area (Å²) in [6, 6.07) is 8.00. The highest BCUT2D eigenvalue weighted by Crippen LogP contribution is 2.32. The van der Waals surface area contributed by atoms with Gasteiger partial charge in [-0.25, -0.2) is 13.4 Å². The zero-order valence-electron chi connectivity index (χ0n) is 16.3. The normalized spacial score (nSPS) is 21.1. The van der Waals surface area contributed by atoms with Crippen LogP contribution < -0.4 is 4.90 Å². The summed E-state index contributed by atoms with van der Waals surface area (Å²) in [5.74, 6) is 0.484. The zero-order chi connectivity index (χ0) is 19.9. The number of rotatable bonds is 4. The van der Waals surface area contributed by atoms with Gasteiger partial charge in [0, 0.05) is 31.0 Å². The molecule has 0 radical (unpaired) electrons. The summed E-state index contributed by atoms with van der Waals surface area (Å²) in [5, 5.41) is 0.0183. The molecule has 0 bridgehead atoms. The molecule has 0 N–H and O–H groups in total. The van der Waals surface area contributed by atoms with Gasteiger partial charge in [-0.2, -0.15) is 4.31 Å². The summed E-state index contributed by atoms with van der Waals surface area (Å²) < 4.78 is 28.7. The summed E-state index contributed by atoms with van der Waals surface area (Å²) in [5.41, 5.74) is 2.10. The van der Waals surface area contributed by atoms with Gasteiger partial charge in [-0.1, -0.05) is 25.1 Å². The van der Waals surface area contributed by atoms with Crippen LogP contribution in [0.2, 0.25) is 0 Å². The predicted octanol–water partition coefficient (Wildman–Crippen LogP) is 2.28. The van der Waals surface area contributed by atoms with E-state index in [9.17, 15) is 13.2 Å². The number of benzene rings is 1. The highest BCUT2D eigenvalue weighted by Gasteiger charge is 2.32. The number of fused-ring (bicyclic) bond motifs is 1. The molecule has 7 nitrogen and oxygen atoms in total. The van der Waals surface area contributed by atoms with Crippen LogP contribution in [0.4, 0.5) is 5.69 Å². The standard InChI is InChI=1S/C20H26N4O3S/c1-15-7-9-23(10-8-15)28(26,27)19-12-22(14-21-19)13-20(25)24-16(2)11-17-5-3-4-6-18(17)24/h3-6,12,14-16H,7-11,13H2,1-2H3. The SMILES string of the molecule is CC1CCN(S(=O)(=O)c2cn(CC(=O)N3c4ccccc4CC3C)cn2)CC1. The maximum atomic E-state index is 12.9. The Morgan fingerprint density at radius 2 is 1.89 bits per heavy atom. The molecule has 1 fully saturated rings. The third kappa shape index (κ3) is 3.46. The van der Waals surface area contributed by atoms with Gasteiger partial charge in [-0.05, 0) is 43.7 Å². The van der Waals surface area contributed by atoms with Gasteiger partial charge in [0.05, 0.1) is 6.33 Å². The van der Waals surface area contributed by atoms with Gasteiger partial charge in [0.1, 0.15) is 6.54 Å². The third-order valence-electron chi connectivity index (χ3n) is 5.75. The van der Waals surface area contributed by atoms with Crippen LogP contribution in [0.3, 0.4) is 0 Å². The summed E-state index contributed by atoms with van der Waals surface area (Å²) in [6.45, 7) is 5.29. The van der Waals surface area contributed by atoms with E-state index in [0.29, 0.717) is 19.0 Å². The molecule has 1 aromatic heterocycles. The third-order valence-corrected chi connectivity index (χ3v) is 7.53. The Labute approximate surface area is 166 Å². The second kappa shape index (κ2) is 7.33. The number of carbonyl (C=O) groups excluding carboxylic acids is 1. The van der Waals surface area contributed by atoms with Gasteiger partial charge in [-0.3, -0.25) is 4.79 Å². The van der Waals surface area contributed by atoms with Crippen molar-refractivity contribution in [2.75, 3.05) is 18.0 Å². The van der Waals surface area contributed by atoms with Crippen molar-refractivity contribution in [2.45, 2.75) is 50.7 Å². The number of anilines is 1. The maximum Gasteiger partial charge on any atom is 0.262 e. The summed E-state index contributed by atoms with van der Waals surface area (Å²) >= 11 is 0. The zero-order valence-corrected chi connectivity index (χ0v) is 17.1. The maximum absolute atomic E-state index is 12.9. The van der Waals surface area contributed by atoms with Crippen molar-refractivity contribution in [1.82, 2.24) is 13.9 Å². The van der Waals surface area contributed by atoms with E-state index in [1.165, 1.54) is 16.8 Å².